The highest BCUT2D eigenvalue weighted by Gasteiger charge is 2.35. The Bertz CT molecular complexity index is 869. The van der Waals surface area contributed by atoms with E-state index in [-0.39, 0.29) is 17.7 Å². The molecule has 0 saturated carbocycles. The molecule has 0 atom stereocenters. The minimum atomic E-state index is -0.287. The van der Waals surface area contributed by atoms with Gasteiger partial charge in [-0.25, -0.2) is 0 Å². The number of hydrogen-bond acceptors (Lipinski definition) is 5. The van der Waals surface area contributed by atoms with Gasteiger partial charge in [0, 0.05) is 6.07 Å². The van der Waals surface area contributed by atoms with E-state index in [1.54, 1.807) is 38.5 Å². The van der Waals surface area contributed by atoms with Gasteiger partial charge in [-0.1, -0.05) is 24.3 Å². The third-order valence-electron chi connectivity index (χ3n) is 4.13. The number of methoxy groups -OCH3 is 2. The highest BCUT2D eigenvalue weighted by molar-refractivity contribution is 8.18. The van der Waals surface area contributed by atoms with E-state index >= 15 is 0 Å². The molecule has 3 rings (SSSR count). The lowest BCUT2D eigenvalue weighted by Gasteiger charge is -2.14. The van der Waals surface area contributed by atoms with Crippen LogP contribution in [-0.2, 0) is 11.3 Å². The molecular formula is C20H19NO4S. The summed E-state index contributed by atoms with van der Waals surface area (Å²) in [5.41, 5.74) is 2.75. The molecule has 0 aromatic heterocycles. The molecule has 26 heavy (non-hydrogen) atoms. The fourth-order valence-corrected chi connectivity index (χ4v) is 3.50. The minimum absolute atomic E-state index is 0.264. The molecule has 1 saturated heterocycles. The van der Waals surface area contributed by atoms with Crippen molar-refractivity contribution in [3.05, 3.63) is 64.1 Å². The van der Waals surface area contributed by atoms with E-state index in [9.17, 15) is 9.59 Å². The zero-order valence-electron chi connectivity index (χ0n) is 14.8. The molecule has 6 heteroatoms. The summed E-state index contributed by atoms with van der Waals surface area (Å²) in [6.45, 7) is 2.24. The van der Waals surface area contributed by atoms with Gasteiger partial charge in [-0.3, -0.25) is 14.5 Å². The largest absolute Gasteiger partial charge is 0.497 e. The first kappa shape index (κ1) is 18.1. The Kier molecular flexibility index (Phi) is 5.32. The number of thioether (sulfide) groups is 1. The molecule has 0 spiro atoms. The Morgan fingerprint density at radius 3 is 2.31 bits per heavy atom. The molecule has 0 radical (unpaired) electrons. The Labute approximate surface area is 156 Å². The number of rotatable bonds is 5. The maximum Gasteiger partial charge on any atom is 0.293 e. The summed E-state index contributed by atoms with van der Waals surface area (Å²) in [6.07, 6.45) is 1.69. The lowest BCUT2D eigenvalue weighted by Crippen LogP contribution is -2.27. The molecule has 134 valence electrons. The average Bonchev–Trinajstić information content (AvgIpc) is 2.90. The standard InChI is InChI=1S/C20H19NO4S/c1-13-6-4-5-7-15(13)12-21-19(22)18(26-20(21)23)10-14-8-16(24-2)11-17(9-14)25-3/h4-11H,12H2,1-3H3/b18-10-. The maximum absolute atomic E-state index is 12.7. The van der Waals surface area contributed by atoms with E-state index in [4.69, 9.17) is 9.47 Å². The number of imide groups is 1. The predicted octanol–water partition coefficient (Wildman–Crippen LogP) is 4.25. The summed E-state index contributed by atoms with van der Waals surface area (Å²) < 4.78 is 10.5. The first-order valence-corrected chi connectivity index (χ1v) is 8.86. The molecular weight excluding hydrogens is 350 g/mol. The molecule has 0 unspecified atom stereocenters. The van der Waals surface area contributed by atoms with Gasteiger partial charge in [0.15, 0.2) is 0 Å². The second kappa shape index (κ2) is 7.66. The van der Waals surface area contributed by atoms with Gasteiger partial charge in [0.25, 0.3) is 11.1 Å². The van der Waals surface area contributed by atoms with Crippen molar-refractivity contribution in [3.8, 4) is 11.5 Å². The fraction of sp³-hybridized carbons (Fsp3) is 0.200. The lowest BCUT2D eigenvalue weighted by atomic mass is 10.1. The zero-order valence-corrected chi connectivity index (χ0v) is 15.6. The van der Waals surface area contributed by atoms with Crippen molar-refractivity contribution in [1.29, 1.82) is 0 Å². The fourth-order valence-electron chi connectivity index (χ4n) is 2.66. The molecule has 0 bridgehead atoms. The molecule has 2 aromatic rings. The molecule has 0 N–H and O–H groups in total. The van der Waals surface area contributed by atoms with E-state index in [0.29, 0.717) is 16.4 Å². The van der Waals surface area contributed by atoms with Crippen molar-refractivity contribution in [1.82, 2.24) is 4.90 Å². The molecule has 2 aromatic carbocycles. The monoisotopic (exact) mass is 369 g/mol. The number of aryl methyl sites for hydroxylation is 1. The van der Waals surface area contributed by atoms with Crippen molar-refractivity contribution in [2.45, 2.75) is 13.5 Å². The number of ether oxygens (including phenoxy) is 2. The van der Waals surface area contributed by atoms with Gasteiger partial charge in [0.05, 0.1) is 25.7 Å². The van der Waals surface area contributed by atoms with Crippen LogP contribution in [0.25, 0.3) is 6.08 Å². The van der Waals surface area contributed by atoms with Crippen molar-refractivity contribution < 1.29 is 19.1 Å². The van der Waals surface area contributed by atoms with E-state index in [2.05, 4.69) is 0 Å². The van der Waals surface area contributed by atoms with Crippen molar-refractivity contribution >= 4 is 29.0 Å². The van der Waals surface area contributed by atoms with Crippen LogP contribution >= 0.6 is 11.8 Å². The van der Waals surface area contributed by atoms with E-state index in [0.717, 1.165) is 28.5 Å². The summed E-state index contributed by atoms with van der Waals surface area (Å²) >= 11 is 0.946. The summed E-state index contributed by atoms with van der Waals surface area (Å²) in [6, 6.07) is 13.1. The van der Waals surface area contributed by atoms with Gasteiger partial charge in [-0.15, -0.1) is 0 Å². The second-order valence-corrected chi connectivity index (χ2v) is 6.83. The Balaban J connectivity index is 1.87. The zero-order chi connectivity index (χ0) is 18.7. The van der Waals surface area contributed by atoms with Crippen LogP contribution in [0, 0.1) is 6.92 Å². The summed E-state index contributed by atoms with van der Waals surface area (Å²) in [5, 5.41) is -0.264. The number of carbonyl (C=O) groups is 2. The second-order valence-electron chi connectivity index (χ2n) is 5.84. The Hall–Kier alpha value is -2.73. The summed E-state index contributed by atoms with van der Waals surface area (Å²) in [7, 11) is 3.13. The number of benzene rings is 2. The molecule has 2 amide bonds. The van der Waals surface area contributed by atoms with Crippen LogP contribution in [0.1, 0.15) is 16.7 Å². The smallest absolute Gasteiger partial charge is 0.293 e. The van der Waals surface area contributed by atoms with Crippen LogP contribution in [0.3, 0.4) is 0 Å². The third kappa shape index (κ3) is 3.75. The predicted molar refractivity (Wildman–Crippen MR) is 102 cm³/mol. The first-order chi connectivity index (χ1) is 12.5. The van der Waals surface area contributed by atoms with E-state index in [1.807, 2.05) is 31.2 Å². The van der Waals surface area contributed by atoms with Gasteiger partial charge in [-0.05, 0) is 53.6 Å². The summed E-state index contributed by atoms with van der Waals surface area (Å²) in [5.74, 6) is 0.953. The molecule has 1 aliphatic rings. The summed E-state index contributed by atoms with van der Waals surface area (Å²) in [4.78, 5) is 26.7. The van der Waals surface area contributed by atoms with E-state index in [1.165, 1.54) is 4.90 Å². The number of nitrogens with zero attached hydrogens (tertiary/aromatic N) is 1. The van der Waals surface area contributed by atoms with Gasteiger partial charge in [0.1, 0.15) is 11.5 Å². The SMILES string of the molecule is COc1cc(/C=C2\SC(=O)N(Cc3ccccc3C)C2=O)cc(OC)c1. The van der Waals surface area contributed by atoms with Gasteiger partial charge < -0.3 is 9.47 Å². The quantitative estimate of drug-likeness (QED) is 0.738. The lowest BCUT2D eigenvalue weighted by molar-refractivity contribution is -0.123. The van der Waals surface area contributed by atoms with Crippen LogP contribution in [-0.4, -0.2) is 30.3 Å². The van der Waals surface area contributed by atoms with Crippen molar-refractivity contribution in [3.63, 3.8) is 0 Å². The Morgan fingerprint density at radius 1 is 1.04 bits per heavy atom. The van der Waals surface area contributed by atoms with Crippen LogP contribution in [0.5, 0.6) is 11.5 Å². The number of hydrogen-bond donors (Lipinski definition) is 0. The van der Waals surface area contributed by atoms with Gasteiger partial charge >= 0.3 is 0 Å². The highest BCUT2D eigenvalue weighted by atomic mass is 32.2. The van der Waals surface area contributed by atoms with Crippen molar-refractivity contribution in [2.24, 2.45) is 0 Å². The topological polar surface area (TPSA) is 55.8 Å². The highest BCUT2D eigenvalue weighted by Crippen LogP contribution is 2.34. The number of amides is 2. The third-order valence-corrected chi connectivity index (χ3v) is 5.04. The molecule has 1 heterocycles. The van der Waals surface area contributed by atoms with Crippen LogP contribution < -0.4 is 9.47 Å². The van der Waals surface area contributed by atoms with Crippen molar-refractivity contribution in [2.75, 3.05) is 14.2 Å². The number of carbonyl (C=O) groups excluding carboxylic acids is 2. The van der Waals surface area contributed by atoms with E-state index < -0.39 is 0 Å². The molecule has 1 fully saturated rings. The molecule has 0 aliphatic carbocycles. The van der Waals surface area contributed by atoms with Crippen LogP contribution in [0.4, 0.5) is 4.79 Å². The first-order valence-electron chi connectivity index (χ1n) is 8.04. The molecule has 5 nitrogen and oxygen atoms in total. The minimum Gasteiger partial charge on any atom is -0.497 e. The van der Waals surface area contributed by atoms with Crippen LogP contribution in [0.15, 0.2) is 47.4 Å². The normalized spacial score (nSPS) is 15.7. The average molecular weight is 369 g/mol. The molecule has 1 aliphatic heterocycles. The van der Waals surface area contributed by atoms with Gasteiger partial charge in [-0.2, -0.15) is 0 Å². The Morgan fingerprint density at radius 2 is 1.69 bits per heavy atom. The van der Waals surface area contributed by atoms with Gasteiger partial charge in [0.2, 0.25) is 0 Å². The van der Waals surface area contributed by atoms with Crippen LogP contribution in [0.2, 0.25) is 0 Å². The maximum atomic E-state index is 12.7.